The molecule has 2 rings (SSSR count). The highest BCUT2D eigenvalue weighted by Gasteiger charge is 2.01. The van der Waals surface area contributed by atoms with Crippen molar-refractivity contribution in [1.29, 1.82) is 0 Å². The van der Waals surface area contributed by atoms with E-state index in [0.29, 0.717) is 10.3 Å². The van der Waals surface area contributed by atoms with Gasteiger partial charge in [0.2, 0.25) is 0 Å². The van der Waals surface area contributed by atoms with E-state index in [0.717, 1.165) is 25.3 Å². The third kappa shape index (κ3) is 3.89. The van der Waals surface area contributed by atoms with Gasteiger partial charge in [0.25, 0.3) is 0 Å². The Morgan fingerprint density at radius 3 is 3.06 bits per heavy atom. The van der Waals surface area contributed by atoms with Gasteiger partial charge >= 0.3 is 0 Å². The molecule has 0 fully saturated rings. The zero-order valence-electron chi connectivity index (χ0n) is 10.0. The minimum absolute atomic E-state index is 0.464. The molecule has 96 valence electrons. The first kappa shape index (κ1) is 13.2. The predicted molar refractivity (Wildman–Crippen MR) is 74.2 cm³/mol. The maximum absolute atomic E-state index is 5.91. The summed E-state index contributed by atoms with van der Waals surface area (Å²) in [6, 6.07) is 1.73. The molecule has 0 saturated heterocycles. The number of halogens is 1. The molecule has 2 heterocycles. The Balaban J connectivity index is 1.81. The Morgan fingerprint density at radius 1 is 1.44 bits per heavy atom. The number of hydrogen-bond donors (Lipinski definition) is 1. The van der Waals surface area contributed by atoms with Gasteiger partial charge in [0.1, 0.15) is 11.0 Å². The summed E-state index contributed by atoms with van der Waals surface area (Å²) in [7, 11) is 0. The molecule has 0 bridgehead atoms. The molecule has 0 amide bonds. The zero-order valence-corrected chi connectivity index (χ0v) is 11.6. The standard InChI is InChI=1S/C11H14ClN5S/c1-18-11-15-9(12)7-10(16-11)14-3-2-5-17-6-4-13-8-17/h4,6-8H,2-3,5H2,1H3,(H,14,15,16). The Hall–Kier alpha value is -1.27. The number of aromatic nitrogens is 4. The van der Waals surface area contributed by atoms with Crippen LogP contribution in [0.15, 0.2) is 29.9 Å². The SMILES string of the molecule is CSc1nc(Cl)cc(NCCCn2ccnc2)n1. The number of imidazole rings is 1. The molecular formula is C11H14ClN5S. The number of hydrogen-bond acceptors (Lipinski definition) is 5. The third-order valence-electron chi connectivity index (χ3n) is 2.32. The van der Waals surface area contributed by atoms with E-state index < -0.39 is 0 Å². The number of rotatable bonds is 6. The summed E-state index contributed by atoms with van der Waals surface area (Å²) >= 11 is 7.38. The summed E-state index contributed by atoms with van der Waals surface area (Å²) in [5.41, 5.74) is 0. The summed E-state index contributed by atoms with van der Waals surface area (Å²) in [6.07, 6.45) is 8.46. The second-order valence-electron chi connectivity index (χ2n) is 3.64. The van der Waals surface area contributed by atoms with E-state index >= 15 is 0 Å². The molecular weight excluding hydrogens is 270 g/mol. The van der Waals surface area contributed by atoms with Gasteiger partial charge in [-0.1, -0.05) is 23.4 Å². The number of nitrogens with zero attached hydrogens (tertiary/aromatic N) is 4. The lowest BCUT2D eigenvalue weighted by atomic mass is 10.4. The highest BCUT2D eigenvalue weighted by molar-refractivity contribution is 7.98. The van der Waals surface area contributed by atoms with Gasteiger partial charge < -0.3 is 9.88 Å². The molecule has 2 aromatic heterocycles. The summed E-state index contributed by atoms with van der Waals surface area (Å²) in [6.45, 7) is 1.76. The molecule has 0 aromatic carbocycles. The molecule has 0 saturated carbocycles. The molecule has 1 N–H and O–H groups in total. The van der Waals surface area contributed by atoms with Crippen LogP contribution in [0, 0.1) is 0 Å². The predicted octanol–water partition coefficient (Wildman–Crippen LogP) is 2.55. The van der Waals surface area contributed by atoms with Crippen LogP contribution in [0.2, 0.25) is 5.15 Å². The normalized spacial score (nSPS) is 10.6. The maximum Gasteiger partial charge on any atom is 0.190 e. The first-order valence-electron chi connectivity index (χ1n) is 5.56. The highest BCUT2D eigenvalue weighted by Crippen LogP contribution is 2.16. The minimum atomic E-state index is 0.464. The van der Waals surface area contributed by atoms with Crippen molar-refractivity contribution in [1.82, 2.24) is 19.5 Å². The monoisotopic (exact) mass is 283 g/mol. The summed E-state index contributed by atoms with van der Waals surface area (Å²) in [5.74, 6) is 0.769. The first-order valence-corrected chi connectivity index (χ1v) is 7.16. The van der Waals surface area contributed by atoms with Crippen molar-refractivity contribution < 1.29 is 0 Å². The van der Waals surface area contributed by atoms with Crippen LogP contribution in [0.5, 0.6) is 0 Å². The second kappa shape index (κ2) is 6.61. The largest absolute Gasteiger partial charge is 0.370 e. The molecule has 7 heteroatoms. The van der Waals surface area contributed by atoms with Gasteiger partial charge in [-0.3, -0.25) is 0 Å². The van der Waals surface area contributed by atoms with Gasteiger partial charge in [-0.2, -0.15) is 0 Å². The molecule has 2 aromatic rings. The number of thioether (sulfide) groups is 1. The van der Waals surface area contributed by atoms with Crippen molar-refractivity contribution in [2.24, 2.45) is 0 Å². The molecule has 0 unspecified atom stereocenters. The lowest BCUT2D eigenvalue weighted by molar-refractivity contribution is 0.659. The lowest BCUT2D eigenvalue weighted by Crippen LogP contribution is -2.07. The zero-order chi connectivity index (χ0) is 12.8. The van der Waals surface area contributed by atoms with Crippen LogP contribution in [0.4, 0.5) is 5.82 Å². The fourth-order valence-electron chi connectivity index (χ4n) is 1.48. The van der Waals surface area contributed by atoms with Gasteiger partial charge in [0.05, 0.1) is 6.33 Å². The number of nitrogens with one attached hydrogen (secondary N) is 1. The number of aryl methyl sites for hydroxylation is 1. The van der Waals surface area contributed by atoms with Gasteiger partial charge in [-0.05, 0) is 12.7 Å². The Morgan fingerprint density at radius 2 is 2.33 bits per heavy atom. The van der Waals surface area contributed by atoms with Crippen LogP contribution in [0.25, 0.3) is 0 Å². The van der Waals surface area contributed by atoms with Crippen molar-refractivity contribution in [2.75, 3.05) is 18.1 Å². The molecule has 18 heavy (non-hydrogen) atoms. The van der Waals surface area contributed by atoms with Crippen LogP contribution in [0.3, 0.4) is 0 Å². The summed E-state index contributed by atoms with van der Waals surface area (Å²) < 4.78 is 2.04. The van der Waals surface area contributed by atoms with Gasteiger partial charge in [-0.25, -0.2) is 15.0 Å². The average Bonchev–Trinajstić information content (AvgIpc) is 2.87. The van der Waals surface area contributed by atoms with Crippen molar-refractivity contribution in [2.45, 2.75) is 18.1 Å². The van der Waals surface area contributed by atoms with E-state index in [1.54, 1.807) is 12.3 Å². The topological polar surface area (TPSA) is 55.6 Å². The van der Waals surface area contributed by atoms with Crippen LogP contribution in [0.1, 0.15) is 6.42 Å². The van der Waals surface area contributed by atoms with E-state index in [9.17, 15) is 0 Å². The molecule has 0 radical (unpaired) electrons. The van der Waals surface area contributed by atoms with Crippen molar-refractivity contribution >= 4 is 29.2 Å². The quantitative estimate of drug-likeness (QED) is 0.382. The summed E-state index contributed by atoms with van der Waals surface area (Å²) in [5, 5.41) is 4.38. The molecule has 0 atom stereocenters. The van der Waals surface area contributed by atoms with E-state index in [4.69, 9.17) is 11.6 Å². The van der Waals surface area contributed by atoms with E-state index in [1.165, 1.54) is 11.8 Å². The Labute approximate surface area is 115 Å². The van der Waals surface area contributed by atoms with Crippen molar-refractivity contribution in [3.63, 3.8) is 0 Å². The van der Waals surface area contributed by atoms with Gasteiger partial charge in [-0.15, -0.1) is 0 Å². The molecule has 5 nitrogen and oxygen atoms in total. The van der Waals surface area contributed by atoms with E-state index in [2.05, 4.69) is 20.3 Å². The van der Waals surface area contributed by atoms with Crippen LogP contribution < -0.4 is 5.32 Å². The fraction of sp³-hybridized carbons (Fsp3) is 0.364. The minimum Gasteiger partial charge on any atom is -0.370 e. The Kier molecular flexibility index (Phi) is 4.83. The van der Waals surface area contributed by atoms with E-state index in [-0.39, 0.29) is 0 Å². The smallest absolute Gasteiger partial charge is 0.190 e. The first-order chi connectivity index (χ1) is 8.78. The Bertz CT molecular complexity index is 488. The molecule has 0 aliphatic rings. The van der Waals surface area contributed by atoms with Crippen molar-refractivity contribution in [3.05, 3.63) is 29.9 Å². The number of anilines is 1. The average molecular weight is 284 g/mol. The third-order valence-corrected chi connectivity index (χ3v) is 3.06. The van der Waals surface area contributed by atoms with Gasteiger partial charge in [0.15, 0.2) is 5.16 Å². The van der Waals surface area contributed by atoms with Gasteiger partial charge in [0, 0.05) is 31.5 Å². The van der Waals surface area contributed by atoms with E-state index in [1.807, 2.05) is 23.3 Å². The summed E-state index contributed by atoms with van der Waals surface area (Å²) in [4.78, 5) is 12.4. The van der Waals surface area contributed by atoms with Crippen LogP contribution >= 0.6 is 23.4 Å². The maximum atomic E-state index is 5.91. The highest BCUT2D eigenvalue weighted by atomic mass is 35.5. The molecule has 0 spiro atoms. The van der Waals surface area contributed by atoms with Crippen LogP contribution in [-0.4, -0.2) is 32.3 Å². The van der Waals surface area contributed by atoms with Crippen molar-refractivity contribution in [3.8, 4) is 0 Å². The lowest BCUT2D eigenvalue weighted by Gasteiger charge is -2.07. The molecule has 0 aliphatic carbocycles. The fourth-order valence-corrected chi connectivity index (χ4v) is 2.09. The second-order valence-corrected chi connectivity index (χ2v) is 4.80. The molecule has 0 aliphatic heterocycles. The van der Waals surface area contributed by atoms with Crippen LogP contribution in [-0.2, 0) is 6.54 Å².